The minimum absolute atomic E-state index is 0.186. The summed E-state index contributed by atoms with van der Waals surface area (Å²) in [5, 5.41) is 49.6. The topological polar surface area (TPSA) is 191 Å². The molecule has 0 unspecified atom stereocenters. The summed E-state index contributed by atoms with van der Waals surface area (Å²) in [5.41, 5.74) is 8.86. The zero-order valence-electron chi connectivity index (χ0n) is 42.8. The minimum atomic E-state index is -0.322. The second-order valence-electron chi connectivity index (χ2n) is 18.0. The van der Waals surface area contributed by atoms with Gasteiger partial charge in [0.05, 0.1) is 37.0 Å². The lowest BCUT2D eigenvalue weighted by Crippen LogP contribution is -2.13. The van der Waals surface area contributed by atoms with Gasteiger partial charge >= 0.3 is 0 Å². The fraction of sp³-hybridized carbons (Fsp3) is 0.0625. The maximum absolute atomic E-state index is 14.1. The molecule has 0 saturated carbocycles. The van der Waals surface area contributed by atoms with E-state index in [1.165, 1.54) is 14.2 Å². The summed E-state index contributed by atoms with van der Waals surface area (Å²) < 4.78 is 11.2. The Labute approximate surface area is 449 Å². The minimum Gasteiger partial charge on any atom is -0.494 e. The summed E-state index contributed by atoms with van der Waals surface area (Å²) in [7, 11) is 3.06. The van der Waals surface area contributed by atoms with E-state index in [4.69, 9.17) is 9.47 Å². The van der Waals surface area contributed by atoms with Gasteiger partial charge < -0.3 is 30.3 Å². The van der Waals surface area contributed by atoms with E-state index in [0.717, 1.165) is 32.7 Å². The molecule has 10 rings (SSSR count). The number of aliphatic hydroxyl groups is 2. The normalized spacial score (nSPS) is 11.8. The molecule has 0 aliphatic rings. The van der Waals surface area contributed by atoms with Crippen molar-refractivity contribution < 1.29 is 29.3 Å². The van der Waals surface area contributed by atoms with Gasteiger partial charge in [-0.25, -0.2) is 9.98 Å². The molecule has 0 radical (unpaired) electrons. The van der Waals surface area contributed by atoms with Gasteiger partial charge in [0.15, 0.2) is 0 Å². The number of nitrogens with one attached hydrogen (secondary N) is 2. The molecule has 14 heteroatoms. The first kappa shape index (κ1) is 50.9. The number of fused-ring (bicyclic) bond motifs is 2. The highest BCUT2D eigenvalue weighted by Crippen LogP contribution is 2.39. The predicted molar refractivity (Wildman–Crippen MR) is 310 cm³/mol. The van der Waals surface area contributed by atoms with Gasteiger partial charge in [-0.1, -0.05) is 109 Å². The van der Waals surface area contributed by atoms with Crippen LogP contribution in [0.4, 0.5) is 45.5 Å². The number of carbonyl (C=O) groups is 2. The second kappa shape index (κ2) is 22.9. The van der Waals surface area contributed by atoms with Crippen molar-refractivity contribution in [1.29, 1.82) is 0 Å². The van der Waals surface area contributed by atoms with Crippen molar-refractivity contribution in [2.45, 2.75) is 13.8 Å². The number of benzene rings is 10. The molecular formula is C64H50N8O6. The van der Waals surface area contributed by atoms with Crippen molar-refractivity contribution in [2.75, 3.05) is 24.9 Å². The maximum Gasteiger partial charge on any atom is 0.256 e. The summed E-state index contributed by atoms with van der Waals surface area (Å²) in [6.07, 6.45) is 0. The van der Waals surface area contributed by atoms with E-state index in [9.17, 15) is 19.8 Å². The maximum atomic E-state index is 14.1. The van der Waals surface area contributed by atoms with Crippen LogP contribution in [0.2, 0.25) is 0 Å². The van der Waals surface area contributed by atoms with E-state index >= 15 is 0 Å². The molecule has 0 aliphatic carbocycles. The molecule has 4 N–H and O–H groups in total. The van der Waals surface area contributed by atoms with E-state index in [0.29, 0.717) is 90.4 Å². The standard InChI is InChI=1S/C64H50N8O6/c1-39-53(35-43-15-11-13-21-51(43)59(39)71-69-55-37-45(27-33-57(55)77-3)61(73)65-47-17-7-5-8-18-47)63(75)67-49-29-23-41(24-30-49)42-25-31-50(32-26-42)68-64(76)54-36-44-16-12-14-22-52(44)60(40(54)2)72-70-56-38-46(28-34-58(56)78-4)62(74)66-48-19-9-6-10-20-48/h5-38H,1-4H3,(H,65,73)(H,66,74)(H,67,75)(H,68,76). The zero-order chi connectivity index (χ0) is 54.1. The summed E-state index contributed by atoms with van der Waals surface area (Å²) in [5.74, 6) is -0.133. The fourth-order valence-corrected chi connectivity index (χ4v) is 8.88. The van der Waals surface area contributed by atoms with Crippen LogP contribution in [0.5, 0.6) is 11.5 Å². The van der Waals surface area contributed by atoms with Gasteiger partial charge in [0.1, 0.15) is 22.9 Å². The lowest BCUT2D eigenvalue weighted by Gasteiger charge is -2.13. The van der Waals surface area contributed by atoms with Gasteiger partial charge in [0.2, 0.25) is 11.8 Å². The SMILES string of the molecule is COc1ccc(C(O)=Nc2ccccc2)cc1N=Nc1c(C)c(C(=O)Nc2ccc(-c3ccc(NC(=O)c4cc5ccccc5c(N=Nc5cc(C(O)=Nc6ccccc6)ccc5OC)c4C)cc3)cc2)cc2ccccc12. The Bertz CT molecular complexity index is 3750. The van der Waals surface area contributed by atoms with Gasteiger partial charge in [-0.2, -0.15) is 0 Å². The number of anilines is 2. The van der Waals surface area contributed by atoms with Gasteiger partial charge in [0.25, 0.3) is 11.8 Å². The molecule has 0 spiro atoms. The molecule has 14 nitrogen and oxygen atoms in total. The van der Waals surface area contributed by atoms with Crippen LogP contribution in [-0.2, 0) is 0 Å². The number of hydrogen-bond acceptors (Lipinski definition) is 10. The van der Waals surface area contributed by atoms with Crippen LogP contribution >= 0.6 is 0 Å². The van der Waals surface area contributed by atoms with Gasteiger partial charge in [-0.15, -0.1) is 20.5 Å². The lowest BCUT2D eigenvalue weighted by molar-refractivity contribution is 0.101. The van der Waals surface area contributed by atoms with Crippen molar-refractivity contribution in [3.8, 4) is 22.6 Å². The Morgan fingerprint density at radius 3 is 1.18 bits per heavy atom. The molecule has 0 aromatic heterocycles. The van der Waals surface area contributed by atoms with Gasteiger partial charge in [-0.3, -0.25) is 9.59 Å². The molecule has 10 aromatic carbocycles. The van der Waals surface area contributed by atoms with Crippen LogP contribution in [0.3, 0.4) is 0 Å². The van der Waals surface area contributed by atoms with Crippen molar-refractivity contribution in [1.82, 2.24) is 0 Å². The number of nitrogens with zero attached hydrogens (tertiary/aromatic N) is 6. The molecule has 0 bridgehead atoms. The quantitative estimate of drug-likeness (QED) is 0.0448. The van der Waals surface area contributed by atoms with Gasteiger partial charge in [-0.05, 0) is 144 Å². The smallest absolute Gasteiger partial charge is 0.256 e. The average molecular weight is 1030 g/mol. The number of amides is 2. The summed E-state index contributed by atoms with van der Waals surface area (Å²) in [4.78, 5) is 36.8. The monoisotopic (exact) mass is 1030 g/mol. The third-order valence-electron chi connectivity index (χ3n) is 13.0. The van der Waals surface area contributed by atoms with Crippen molar-refractivity contribution >= 4 is 90.7 Å². The summed E-state index contributed by atoms with van der Waals surface area (Å²) >= 11 is 0. The molecule has 0 aliphatic heterocycles. The van der Waals surface area contributed by atoms with Crippen LogP contribution in [0, 0.1) is 13.8 Å². The molecule has 0 fully saturated rings. The Kier molecular flexibility index (Phi) is 14.9. The third kappa shape index (κ3) is 11.2. The third-order valence-corrected chi connectivity index (χ3v) is 13.0. The van der Waals surface area contributed by atoms with Crippen molar-refractivity contribution in [2.24, 2.45) is 30.4 Å². The highest BCUT2D eigenvalue weighted by molar-refractivity contribution is 6.11. The number of aliphatic hydroxyl groups excluding tert-OH is 2. The highest BCUT2D eigenvalue weighted by atomic mass is 16.5. The predicted octanol–water partition coefficient (Wildman–Crippen LogP) is 16.9. The molecular weight excluding hydrogens is 977 g/mol. The van der Waals surface area contributed by atoms with Crippen LogP contribution in [0.1, 0.15) is 43.0 Å². The molecule has 2 amide bonds. The Morgan fingerprint density at radius 2 is 0.795 bits per heavy atom. The number of azo groups is 2. The first-order valence-corrected chi connectivity index (χ1v) is 24.8. The fourth-order valence-electron chi connectivity index (χ4n) is 8.88. The molecule has 10 aromatic rings. The van der Waals surface area contributed by atoms with Gasteiger partial charge in [0, 0.05) is 44.4 Å². The largest absolute Gasteiger partial charge is 0.494 e. The van der Waals surface area contributed by atoms with Crippen molar-refractivity contribution in [3.05, 3.63) is 240 Å². The highest BCUT2D eigenvalue weighted by Gasteiger charge is 2.20. The number of hydrogen-bond donors (Lipinski definition) is 4. The lowest BCUT2D eigenvalue weighted by atomic mass is 9.98. The Morgan fingerprint density at radius 1 is 0.423 bits per heavy atom. The Balaban J connectivity index is 0.839. The molecule has 78 heavy (non-hydrogen) atoms. The number of aliphatic imine (C=N–C) groups is 2. The number of para-hydroxylation sites is 2. The van der Waals surface area contributed by atoms with Crippen molar-refractivity contribution in [3.63, 3.8) is 0 Å². The molecule has 0 saturated heterocycles. The summed E-state index contributed by atoms with van der Waals surface area (Å²) in [6.45, 7) is 3.67. The average Bonchev–Trinajstić information content (AvgIpc) is 3.48. The summed E-state index contributed by atoms with van der Waals surface area (Å²) in [6, 6.07) is 62.3. The molecule has 0 atom stereocenters. The van der Waals surface area contributed by atoms with E-state index in [2.05, 4.69) is 41.1 Å². The van der Waals surface area contributed by atoms with Crippen LogP contribution < -0.4 is 20.1 Å². The number of rotatable bonds is 15. The zero-order valence-corrected chi connectivity index (χ0v) is 42.8. The van der Waals surface area contributed by atoms with E-state index < -0.39 is 0 Å². The first-order chi connectivity index (χ1) is 38.0. The molecule has 0 heterocycles. The van der Waals surface area contributed by atoms with E-state index in [-0.39, 0.29) is 23.6 Å². The van der Waals surface area contributed by atoms with Crippen LogP contribution in [0.15, 0.2) is 237 Å². The molecule has 382 valence electrons. The Hall–Kier alpha value is -10.6. The van der Waals surface area contributed by atoms with E-state index in [1.807, 2.05) is 159 Å². The van der Waals surface area contributed by atoms with Crippen LogP contribution in [-0.4, -0.2) is 48.0 Å². The second-order valence-corrected chi connectivity index (χ2v) is 18.0. The number of carbonyl (C=O) groups excluding carboxylic acids is 2. The first-order valence-electron chi connectivity index (χ1n) is 24.8. The number of ether oxygens (including phenoxy) is 2. The van der Waals surface area contributed by atoms with Crippen LogP contribution in [0.25, 0.3) is 32.7 Å². The van der Waals surface area contributed by atoms with E-state index in [1.54, 1.807) is 60.7 Å². The number of methoxy groups -OCH3 is 2.